The fourth-order valence-electron chi connectivity index (χ4n) is 5.24. The third-order valence-corrected chi connectivity index (χ3v) is 7.44. The van der Waals surface area contributed by atoms with E-state index in [2.05, 4.69) is 45.9 Å². The van der Waals surface area contributed by atoms with E-state index in [9.17, 15) is 9.90 Å². The van der Waals surface area contributed by atoms with E-state index in [1.165, 1.54) is 12.0 Å². The second-order valence-electron chi connectivity index (χ2n) is 10.8. The first-order chi connectivity index (χ1) is 16.8. The Balaban J connectivity index is 1.76. The molecule has 2 fully saturated rings. The van der Waals surface area contributed by atoms with Crippen LogP contribution in [0.25, 0.3) is 0 Å². The Morgan fingerprint density at radius 2 is 1.69 bits per heavy atom. The summed E-state index contributed by atoms with van der Waals surface area (Å²) in [6.07, 6.45) is 21.0. The van der Waals surface area contributed by atoms with Crippen molar-refractivity contribution in [1.29, 1.82) is 0 Å². The van der Waals surface area contributed by atoms with Gasteiger partial charge in [0.2, 0.25) is 0 Å². The normalized spacial score (nSPS) is 38.1. The molecule has 0 aliphatic carbocycles. The van der Waals surface area contributed by atoms with E-state index in [4.69, 9.17) is 14.2 Å². The van der Waals surface area contributed by atoms with Gasteiger partial charge in [0, 0.05) is 12.3 Å². The summed E-state index contributed by atoms with van der Waals surface area (Å²) in [6.45, 7) is 8.56. The van der Waals surface area contributed by atoms with E-state index in [1.807, 2.05) is 24.3 Å². The molecule has 4 unspecified atom stereocenters. The van der Waals surface area contributed by atoms with Gasteiger partial charge in [-0.1, -0.05) is 62.8 Å². The van der Waals surface area contributed by atoms with E-state index in [-0.39, 0.29) is 48.8 Å². The van der Waals surface area contributed by atoms with Gasteiger partial charge in [-0.15, -0.1) is 0 Å². The molecule has 5 heteroatoms. The highest BCUT2D eigenvalue weighted by molar-refractivity contribution is 5.70. The molecule has 196 valence electrons. The van der Waals surface area contributed by atoms with E-state index in [0.29, 0.717) is 18.8 Å². The quantitative estimate of drug-likeness (QED) is 0.290. The standard InChI is InChI=1S/C30H46O5/c1-5-21(2)10-7-6-8-13-29-23(4)15-14-22(3)16-25-11-9-12-26(33-25)19-27-17-24(31)18-28(34-27)20-30(32)35-29/h6-8,10,13-15,22-29,31H,5,9,11-12,16-20H2,1-4H3/t22-,23-,24+,25+,26?,27?,28?,29?/m0/s1. The summed E-state index contributed by atoms with van der Waals surface area (Å²) < 4.78 is 18.6. The maximum absolute atomic E-state index is 12.9. The number of carbonyl (C=O) groups excluding carboxylic acids is 1. The first kappa shape index (κ1) is 27.9. The predicted octanol–water partition coefficient (Wildman–Crippen LogP) is 6.23. The highest BCUT2D eigenvalue weighted by Gasteiger charge is 2.34. The molecule has 3 rings (SSSR count). The molecule has 0 aromatic rings. The van der Waals surface area contributed by atoms with Crippen LogP contribution >= 0.6 is 0 Å². The van der Waals surface area contributed by atoms with E-state index in [1.54, 1.807) is 0 Å². The monoisotopic (exact) mass is 486 g/mol. The van der Waals surface area contributed by atoms with Crippen molar-refractivity contribution in [3.8, 4) is 0 Å². The molecule has 3 aliphatic heterocycles. The smallest absolute Gasteiger partial charge is 0.309 e. The van der Waals surface area contributed by atoms with Gasteiger partial charge in [-0.3, -0.25) is 4.79 Å². The number of hydrogen-bond acceptors (Lipinski definition) is 5. The largest absolute Gasteiger partial charge is 0.457 e. The van der Waals surface area contributed by atoms with Gasteiger partial charge in [-0.05, 0) is 63.9 Å². The summed E-state index contributed by atoms with van der Waals surface area (Å²) in [5, 5.41) is 10.5. The topological polar surface area (TPSA) is 65.0 Å². The summed E-state index contributed by atoms with van der Waals surface area (Å²) in [5.41, 5.74) is 1.32. The van der Waals surface area contributed by atoms with Crippen LogP contribution in [0.15, 0.2) is 48.1 Å². The van der Waals surface area contributed by atoms with Crippen molar-refractivity contribution in [2.45, 2.75) is 122 Å². The van der Waals surface area contributed by atoms with Crippen LogP contribution in [0.5, 0.6) is 0 Å². The van der Waals surface area contributed by atoms with Crippen molar-refractivity contribution in [3.63, 3.8) is 0 Å². The van der Waals surface area contributed by atoms with Crippen molar-refractivity contribution < 1.29 is 24.1 Å². The molecule has 35 heavy (non-hydrogen) atoms. The SMILES string of the molecule is CCC(C)=CC=CC=CC1OC(=O)CC2C[C@H](O)CC(CC3CCC[C@H](C[C@@H](C)C=C[C@@H]1C)O3)O2. The number of rotatable bonds is 4. The summed E-state index contributed by atoms with van der Waals surface area (Å²) >= 11 is 0. The van der Waals surface area contributed by atoms with Crippen LogP contribution < -0.4 is 0 Å². The minimum Gasteiger partial charge on any atom is -0.457 e. The number of cyclic esters (lactones) is 1. The van der Waals surface area contributed by atoms with Crippen LogP contribution in [0.4, 0.5) is 0 Å². The van der Waals surface area contributed by atoms with Gasteiger partial charge in [0.05, 0.1) is 36.9 Å². The van der Waals surface area contributed by atoms with Gasteiger partial charge >= 0.3 is 5.97 Å². The zero-order valence-electron chi connectivity index (χ0n) is 22.1. The minimum atomic E-state index is -0.452. The fourth-order valence-corrected chi connectivity index (χ4v) is 5.24. The second-order valence-corrected chi connectivity index (χ2v) is 10.8. The number of aliphatic hydroxyl groups is 1. The Hall–Kier alpha value is -1.69. The number of fused-ring (bicyclic) bond motifs is 4. The van der Waals surface area contributed by atoms with Crippen molar-refractivity contribution in [2.24, 2.45) is 11.8 Å². The molecular formula is C30H46O5. The van der Waals surface area contributed by atoms with Gasteiger partial charge in [-0.25, -0.2) is 0 Å². The van der Waals surface area contributed by atoms with Gasteiger partial charge in [0.25, 0.3) is 0 Å². The highest BCUT2D eigenvalue weighted by Crippen LogP contribution is 2.31. The summed E-state index contributed by atoms with van der Waals surface area (Å²) in [7, 11) is 0. The second kappa shape index (κ2) is 14.2. The third kappa shape index (κ3) is 9.70. The minimum absolute atomic E-state index is 0.0394. The van der Waals surface area contributed by atoms with Crippen molar-refractivity contribution >= 4 is 5.97 Å². The van der Waals surface area contributed by atoms with Crippen LogP contribution in [0, 0.1) is 11.8 Å². The lowest BCUT2D eigenvalue weighted by Gasteiger charge is -2.37. The Labute approximate surface area is 212 Å². The number of carbonyl (C=O) groups is 1. The van der Waals surface area contributed by atoms with Gasteiger partial charge in [0.15, 0.2) is 0 Å². The number of hydrogen-bond donors (Lipinski definition) is 1. The van der Waals surface area contributed by atoms with Crippen LogP contribution in [0.1, 0.15) is 85.5 Å². The molecule has 3 aliphatic rings. The molecule has 5 nitrogen and oxygen atoms in total. The number of allylic oxidation sites excluding steroid dienone is 6. The molecule has 0 spiro atoms. The lowest BCUT2D eigenvalue weighted by atomic mass is 9.90. The van der Waals surface area contributed by atoms with Crippen molar-refractivity contribution in [3.05, 3.63) is 48.1 Å². The molecule has 4 bridgehead atoms. The summed E-state index contributed by atoms with van der Waals surface area (Å²) in [6, 6.07) is 0. The van der Waals surface area contributed by atoms with Crippen molar-refractivity contribution in [1.82, 2.24) is 0 Å². The fraction of sp³-hybridized carbons (Fsp3) is 0.700. The first-order valence-corrected chi connectivity index (χ1v) is 13.7. The van der Waals surface area contributed by atoms with Crippen LogP contribution in [0.2, 0.25) is 0 Å². The number of esters is 1. The zero-order valence-corrected chi connectivity index (χ0v) is 22.1. The lowest BCUT2D eigenvalue weighted by Crippen LogP contribution is -2.40. The average molecular weight is 487 g/mol. The van der Waals surface area contributed by atoms with Crippen LogP contribution in [-0.2, 0) is 19.0 Å². The van der Waals surface area contributed by atoms with E-state index < -0.39 is 6.10 Å². The van der Waals surface area contributed by atoms with E-state index in [0.717, 1.165) is 32.1 Å². The molecule has 8 atom stereocenters. The molecule has 0 radical (unpaired) electrons. The molecular weight excluding hydrogens is 440 g/mol. The number of ether oxygens (including phenoxy) is 3. The molecule has 0 aromatic heterocycles. The van der Waals surface area contributed by atoms with Crippen LogP contribution in [0.3, 0.4) is 0 Å². The zero-order chi connectivity index (χ0) is 25.2. The molecule has 0 amide bonds. The van der Waals surface area contributed by atoms with Crippen LogP contribution in [-0.4, -0.2) is 47.7 Å². The maximum Gasteiger partial charge on any atom is 0.309 e. The van der Waals surface area contributed by atoms with E-state index >= 15 is 0 Å². The predicted molar refractivity (Wildman–Crippen MR) is 140 cm³/mol. The molecule has 1 N–H and O–H groups in total. The Morgan fingerprint density at radius 1 is 0.971 bits per heavy atom. The van der Waals surface area contributed by atoms with Gasteiger partial charge in [-0.2, -0.15) is 0 Å². The molecule has 0 saturated carbocycles. The molecule has 3 heterocycles. The lowest BCUT2D eigenvalue weighted by molar-refractivity contribution is -0.161. The summed E-state index contributed by atoms with van der Waals surface area (Å²) in [5.74, 6) is 0.142. The Morgan fingerprint density at radius 3 is 2.46 bits per heavy atom. The molecule has 0 aromatic carbocycles. The average Bonchev–Trinajstić information content (AvgIpc) is 2.80. The summed E-state index contributed by atoms with van der Waals surface area (Å²) in [4.78, 5) is 12.9. The number of aliphatic hydroxyl groups excluding tert-OH is 1. The van der Waals surface area contributed by atoms with Gasteiger partial charge < -0.3 is 19.3 Å². The van der Waals surface area contributed by atoms with Gasteiger partial charge in [0.1, 0.15) is 6.10 Å². The third-order valence-electron chi connectivity index (χ3n) is 7.44. The first-order valence-electron chi connectivity index (χ1n) is 13.7. The highest BCUT2D eigenvalue weighted by atomic mass is 16.6. The Kier molecular flexibility index (Phi) is 11.3. The Bertz CT molecular complexity index is 782. The maximum atomic E-state index is 12.9. The van der Waals surface area contributed by atoms with Crippen molar-refractivity contribution in [2.75, 3.05) is 0 Å². The molecule has 2 saturated heterocycles.